The average Bonchev–Trinajstić information content (AvgIpc) is 2.25. The molecule has 0 bridgehead atoms. The van der Waals surface area contributed by atoms with Gasteiger partial charge in [0.05, 0.1) is 14.2 Å². The zero-order chi connectivity index (χ0) is 12.1. The van der Waals surface area contributed by atoms with Crippen LogP contribution < -0.4 is 15.2 Å². The largest absolute Gasteiger partial charge is 0.496 e. The Morgan fingerprint density at radius 1 is 1.19 bits per heavy atom. The lowest BCUT2D eigenvalue weighted by atomic mass is 10.0. The maximum absolute atomic E-state index is 5.77. The second-order valence-corrected chi connectivity index (χ2v) is 4.16. The molecule has 0 fully saturated rings. The summed E-state index contributed by atoms with van der Waals surface area (Å²) in [4.78, 5) is 0. The minimum Gasteiger partial charge on any atom is -0.496 e. The lowest BCUT2D eigenvalue weighted by Crippen LogP contribution is -2.15. The highest BCUT2D eigenvalue weighted by Crippen LogP contribution is 2.31. The summed E-state index contributed by atoms with van der Waals surface area (Å²) in [5.74, 6) is 1.77. The molecule has 0 unspecified atom stereocenters. The molecule has 3 nitrogen and oxygen atoms in total. The van der Waals surface area contributed by atoms with Gasteiger partial charge in [-0.2, -0.15) is 0 Å². The van der Waals surface area contributed by atoms with Crippen molar-refractivity contribution in [3.8, 4) is 11.5 Å². The van der Waals surface area contributed by atoms with Crippen LogP contribution >= 0.6 is 0 Å². The molecule has 0 heterocycles. The van der Waals surface area contributed by atoms with E-state index in [-0.39, 0.29) is 6.04 Å². The fourth-order valence-corrected chi connectivity index (χ4v) is 1.73. The fourth-order valence-electron chi connectivity index (χ4n) is 1.73. The molecule has 0 saturated carbocycles. The fraction of sp³-hybridized carbons (Fsp3) is 0.538. The van der Waals surface area contributed by atoms with Gasteiger partial charge in [0.15, 0.2) is 0 Å². The first-order valence-electron chi connectivity index (χ1n) is 5.55. The Kier molecular flexibility index (Phi) is 4.62. The Morgan fingerprint density at radius 2 is 1.69 bits per heavy atom. The lowest BCUT2D eigenvalue weighted by Gasteiger charge is -2.15. The van der Waals surface area contributed by atoms with Crippen LogP contribution in [0.25, 0.3) is 0 Å². The van der Waals surface area contributed by atoms with E-state index in [1.165, 1.54) is 0 Å². The predicted octanol–water partition coefficient (Wildman–Crippen LogP) is 2.29. The molecule has 0 aliphatic carbocycles. The molecule has 1 atom stereocenters. The van der Waals surface area contributed by atoms with E-state index in [1.54, 1.807) is 14.2 Å². The summed E-state index contributed by atoms with van der Waals surface area (Å²) in [6.45, 7) is 4.04. The number of nitrogens with two attached hydrogens (primary N) is 1. The summed E-state index contributed by atoms with van der Waals surface area (Å²) < 4.78 is 10.8. The van der Waals surface area contributed by atoms with Crippen LogP contribution in [0.3, 0.4) is 0 Å². The van der Waals surface area contributed by atoms with Crippen molar-refractivity contribution in [2.45, 2.75) is 32.7 Å². The van der Waals surface area contributed by atoms with Crippen LogP contribution in [0.2, 0.25) is 0 Å². The molecular weight excluding hydrogens is 202 g/mol. The van der Waals surface area contributed by atoms with Crippen molar-refractivity contribution in [2.24, 2.45) is 5.73 Å². The molecule has 1 aromatic carbocycles. The third-order valence-corrected chi connectivity index (χ3v) is 2.60. The number of ether oxygens (including phenoxy) is 2. The Labute approximate surface area is 97.6 Å². The van der Waals surface area contributed by atoms with Crippen molar-refractivity contribution in [1.29, 1.82) is 0 Å². The predicted molar refractivity (Wildman–Crippen MR) is 66.3 cm³/mol. The minimum absolute atomic E-state index is 0.190. The van der Waals surface area contributed by atoms with Gasteiger partial charge in [-0.15, -0.1) is 0 Å². The van der Waals surface area contributed by atoms with Gasteiger partial charge in [0, 0.05) is 11.6 Å². The van der Waals surface area contributed by atoms with Crippen LogP contribution in [0.5, 0.6) is 11.5 Å². The van der Waals surface area contributed by atoms with Crippen LogP contribution in [-0.2, 0) is 6.42 Å². The normalized spacial score (nSPS) is 12.3. The van der Waals surface area contributed by atoms with E-state index >= 15 is 0 Å². The van der Waals surface area contributed by atoms with Crippen molar-refractivity contribution in [3.63, 3.8) is 0 Å². The van der Waals surface area contributed by atoms with Gasteiger partial charge in [-0.25, -0.2) is 0 Å². The smallest absolute Gasteiger partial charge is 0.126 e. The average molecular weight is 223 g/mol. The van der Waals surface area contributed by atoms with Crippen molar-refractivity contribution < 1.29 is 9.47 Å². The topological polar surface area (TPSA) is 44.5 Å². The number of benzene rings is 1. The first-order chi connectivity index (χ1) is 7.58. The zero-order valence-electron chi connectivity index (χ0n) is 10.5. The van der Waals surface area contributed by atoms with Crippen LogP contribution in [0.4, 0.5) is 0 Å². The molecule has 1 aromatic rings. The Bertz CT molecular complexity index is 323. The Morgan fingerprint density at radius 3 is 2.06 bits per heavy atom. The highest BCUT2D eigenvalue weighted by molar-refractivity contribution is 5.47. The first-order valence-corrected chi connectivity index (χ1v) is 5.55. The number of hydrogen-bond acceptors (Lipinski definition) is 3. The van der Waals surface area contributed by atoms with E-state index in [0.717, 1.165) is 35.5 Å². The third-order valence-electron chi connectivity index (χ3n) is 2.60. The second kappa shape index (κ2) is 5.75. The van der Waals surface area contributed by atoms with Gasteiger partial charge in [-0.3, -0.25) is 0 Å². The van der Waals surface area contributed by atoms with Crippen LogP contribution in [0.15, 0.2) is 12.1 Å². The van der Waals surface area contributed by atoms with E-state index in [2.05, 4.69) is 0 Å². The summed E-state index contributed by atoms with van der Waals surface area (Å²) in [7, 11) is 3.37. The van der Waals surface area contributed by atoms with E-state index < -0.39 is 0 Å². The van der Waals surface area contributed by atoms with E-state index in [4.69, 9.17) is 15.2 Å². The molecule has 2 N–H and O–H groups in total. The van der Waals surface area contributed by atoms with Crippen molar-refractivity contribution >= 4 is 0 Å². The second-order valence-electron chi connectivity index (χ2n) is 4.16. The SMILES string of the molecule is COc1cc(C)cc(OC)c1CC[C@H](C)N. The van der Waals surface area contributed by atoms with Gasteiger partial charge in [0.1, 0.15) is 11.5 Å². The monoisotopic (exact) mass is 223 g/mol. The van der Waals surface area contributed by atoms with E-state index in [9.17, 15) is 0 Å². The van der Waals surface area contributed by atoms with Crippen molar-refractivity contribution in [2.75, 3.05) is 14.2 Å². The van der Waals surface area contributed by atoms with Crippen LogP contribution in [0, 0.1) is 6.92 Å². The van der Waals surface area contributed by atoms with Gasteiger partial charge >= 0.3 is 0 Å². The molecule has 90 valence electrons. The van der Waals surface area contributed by atoms with Gasteiger partial charge in [-0.1, -0.05) is 0 Å². The summed E-state index contributed by atoms with van der Waals surface area (Å²) in [5, 5.41) is 0. The summed E-state index contributed by atoms with van der Waals surface area (Å²) in [6, 6.07) is 4.24. The summed E-state index contributed by atoms with van der Waals surface area (Å²) in [5.41, 5.74) is 8.01. The number of methoxy groups -OCH3 is 2. The highest BCUT2D eigenvalue weighted by atomic mass is 16.5. The first kappa shape index (κ1) is 12.8. The molecule has 0 aromatic heterocycles. The van der Waals surface area contributed by atoms with Gasteiger partial charge in [0.25, 0.3) is 0 Å². The Balaban J connectivity index is 3.02. The lowest BCUT2D eigenvalue weighted by molar-refractivity contribution is 0.383. The summed E-state index contributed by atoms with van der Waals surface area (Å²) in [6.07, 6.45) is 1.81. The zero-order valence-corrected chi connectivity index (χ0v) is 10.5. The third kappa shape index (κ3) is 3.14. The van der Waals surface area contributed by atoms with Gasteiger partial charge < -0.3 is 15.2 Å². The molecule has 0 saturated heterocycles. The van der Waals surface area contributed by atoms with Crippen LogP contribution in [-0.4, -0.2) is 20.3 Å². The molecule has 0 aliphatic rings. The van der Waals surface area contributed by atoms with Crippen LogP contribution in [0.1, 0.15) is 24.5 Å². The standard InChI is InChI=1S/C13H21NO2/c1-9-7-12(15-3)11(6-5-10(2)14)13(8-9)16-4/h7-8,10H,5-6,14H2,1-4H3/t10-/m0/s1. The highest BCUT2D eigenvalue weighted by Gasteiger charge is 2.11. The van der Waals surface area contributed by atoms with Gasteiger partial charge in [-0.05, 0) is 44.4 Å². The quantitative estimate of drug-likeness (QED) is 0.833. The van der Waals surface area contributed by atoms with Gasteiger partial charge in [0.2, 0.25) is 0 Å². The Hall–Kier alpha value is -1.22. The maximum Gasteiger partial charge on any atom is 0.126 e. The van der Waals surface area contributed by atoms with E-state index in [0.29, 0.717) is 0 Å². The molecule has 0 spiro atoms. The number of hydrogen-bond donors (Lipinski definition) is 1. The van der Waals surface area contributed by atoms with Crippen molar-refractivity contribution in [1.82, 2.24) is 0 Å². The molecule has 1 rings (SSSR count). The molecule has 0 amide bonds. The maximum atomic E-state index is 5.77. The molecule has 0 radical (unpaired) electrons. The summed E-state index contributed by atoms with van der Waals surface area (Å²) >= 11 is 0. The minimum atomic E-state index is 0.190. The molecule has 16 heavy (non-hydrogen) atoms. The molecular formula is C13H21NO2. The molecule has 3 heteroatoms. The molecule has 0 aliphatic heterocycles. The number of rotatable bonds is 5. The van der Waals surface area contributed by atoms with Crippen molar-refractivity contribution in [3.05, 3.63) is 23.3 Å². The number of aryl methyl sites for hydroxylation is 1. The van der Waals surface area contributed by atoms with E-state index in [1.807, 2.05) is 26.0 Å².